The zero-order valence-electron chi connectivity index (χ0n) is 11.7. The van der Waals surface area contributed by atoms with E-state index in [4.69, 9.17) is 0 Å². The van der Waals surface area contributed by atoms with Crippen LogP contribution in [0.1, 0.15) is 17.5 Å². The van der Waals surface area contributed by atoms with E-state index in [1.165, 1.54) is 0 Å². The van der Waals surface area contributed by atoms with Gasteiger partial charge in [-0.15, -0.1) is 12.4 Å². The monoisotopic (exact) mass is 386 g/mol. The molecule has 7 heteroatoms. The first-order valence-corrected chi connectivity index (χ1v) is 7.42. The second kappa shape index (κ2) is 7.81. The van der Waals surface area contributed by atoms with Crippen molar-refractivity contribution < 1.29 is 13.2 Å². The van der Waals surface area contributed by atoms with Gasteiger partial charge in [-0.3, -0.25) is 4.90 Å². The average Bonchev–Trinajstić information content (AvgIpc) is 2.78. The van der Waals surface area contributed by atoms with Crippen LogP contribution < -0.4 is 5.32 Å². The predicted molar refractivity (Wildman–Crippen MR) is 83.7 cm³/mol. The summed E-state index contributed by atoms with van der Waals surface area (Å²) in [7, 11) is 1.90. The lowest BCUT2D eigenvalue weighted by Gasteiger charge is -2.20. The highest BCUT2D eigenvalue weighted by Gasteiger charge is 2.34. The summed E-state index contributed by atoms with van der Waals surface area (Å²) < 4.78 is 39.6. The van der Waals surface area contributed by atoms with Gasteiger partial charge in [0.15, 0.2) is 0 Å². The number of hydrogen-bond donors (Lipinski definition) is 1. The van der Waals surface area contributed by atoms with Gasteiger partial charge in [0.25, 0.3) is 0 Å². The van der Waals surface area contributed by atoms with Crippen LogP contribution >= 0.6 is 28.3 Å². The number of nitrogens with one attached hydrogen (secondary N) is 1. The highest BCUT2D eigenvalue weighted by molar-refractivity contribution is 9.10. The van der Waals surface area contributed by atoms with Crippen LogP contribution in [0.5, 0.6) is 0 Å². The van der Waals surface area contributed by atoms with Crippen LogP contribution in [0.15, 0.2) is 22.7 Å². The average molecular weight is 388 g/mol. The number of likely N-dealkylation sites (tertiary alicyclic amines) is 1. The topological polar surface area (TPSA) is 15.3 Å². The van der Waals surface area contributed by atoms with Crippen molar-refractivity contribution in [2.45, 2.75) is 19.1 Å². The van der Waals surface area contributed by atoms with Crippen molar-refractivity contribution in [3.63, 3.8) is 0 Å². The summed E-state index contributed by atoms with van der Waals surface area (Å²) in [6.07, 6.45) is -3.26. The Balaban J connectivity index is 0.00000220. The molecule has 1 saturated heterocycles. The normalized spacial score (nSPS) is 19.6. The van der Waals surface area contributed by atoms with Crippen LogP contribution in [-0.2, 0) is 12.7 Å². The van der Waals surface area contributed by atoms with E-state index in [0.29, 0.717) is 22.5 Å². The Bertz CT molecular complexity index is 468. The smallest absolute Gasteiger partial charge is 0.319 e. The number of benzene rings is 1. The molecule has 1 fully saturated rings. The molecule has 1 aromatic rings. The maximum Gasteiger partial charge on any atom is 0.416 e. The van der Waals surface area contributed by atoms with E-state index in [1.54, 1.807) is 12.1 Å². The van der Waals surface area contributed by atoms with Gasteiger partial charge in [0.2, 0.25) is 0 Å². The highest BCUT2D eigenvalue weighted by Crippen LogP contribution is 2.35. The van der Waals surface area contributed by atoms with Crippen LogP contribution in [-0.4, -0.2) is 31.6 Å². The molecule has 0 radical (unpaired) electrons. The molecule has 21 heavy (non-hydrogen) atoms. The SMILES string of the molecule is CNCC1CCN(Cc2ccc(Br)cc2C(F)(F)F)C1.Cl. The van der Waals surface area contributed by atoms with E-state index in [2.05, 4.69) is 26.1 Å². The maximum absolute atomic E-state index is 13.1. The molecule has 0 bridgehead atoms. The first-order valence-electron chi connectivity index (χ1n) is 6.62. The van der Waals surface area contributed by atoms with Crippen molar-refractivity contribution in [3.05, 3.63) is 33.8 Å². The van der Waals surface area contributed by atoms with E-state index < -0.39 is 11.7 Å². The summed E-state index contributed by atoms with van der Waals surface area (Å²) in [5.41, 5.74) is -0.185. The number of halogens is 5. The summed E-state index contributed by atoms with van der Waals surface area (Å²) >= 11 is 3.11. The Morgan fingerprint density at radius 1 is 1.38 bits per heavy atom. The second-order valence-corrected chi connectivity index (χ2v) is 6.16. The van der Waals surface area contributed by atoms with Crippen LogP contribution in [0.4, 0.5) is 13.2 Å². The minimum Gasteiger partial charge on any atom is -0.319 e. The van der Waals surface area contributed by atoms with E-state index in [0.717, 1.165) is 32.1 Å². The molecular formula is C14H19BrClF3N2. The van der Waals surface area contributed by atoms with Crippen LogP contribution in [0.3, 0.4) is 0 Å². The summed E-state index contributed by atoms with van der Waals surface area (Å²) in [5.74, 6) is 0.532. The zero-order chi connectivity index (χ0) is 14.8. The van der Waals surface area contributed by atoms with Gasteiger partial charge in [-0.1, -0.05) is 22.0 Å². The van der Waals surface area contributed by atoms with E-state index >= 15 is 0 Å². The van der Waals surface area contributed by atoms with Crippen molar-refractivity contribution in [1.29, 1.82) is 0 Å². The van der Waals surface area contributed by atoms with Crippen molar-refractivity contribution in [2.75, 3.05) is 26.7 Å². The van der Waals surface area contributed by atoms with Gasteiger partial charge in [-0.2, -0.15) is 13.2 Å². The Labute approximate surface area is 137 Å². The molecule has 2 rings (SSSR count). The lowest BCUT2D eigenvalue weighted by molar-refractivity contribution is -0.138. The van der Waals surface area contributed by atoms with Gasteiger partial charge in [-0.05, 0) is 50.2 Å². The van der Waals surface area contributed by atoms with Crippen LogP contribution in [0, 0.1) is 5.92 Å². The van der Waals surface area contributed by atoms with E-state index in [1.807, 2.05) is 7.05 Å². The molecule has 1 aliphatic rings. The molecule has 0 spiro atoms. The summed E-state index contributed by atoms with van der Waals surface area (Å²) in [6, 6.07) is 4.40. The van der Waals surface area contributed by atoms with Gasteiger partial charge >= 0.3 is 6.18 Å². The number of hydrogen-bond acceptors (Lipinski definition) is 2. The van der Waals surface area contributed by atoms with Gasteiger partial charge in [0.1, 0.15) is 0 Å². The Kier molecular flexibility index (Phi) is 6.97. The third-order valence-corrected chi connectivity index (χ3v) is 4.13. The van der Waals surface area contributed by atoms with Gasteiger partial charge in [0.05, 0.1) is 5.56 Å². The quantitative estimate of drug-likeness (QED) is 0.842. The predicted octanol–water partition coefficient (Wildman–Crippen LogP) is 3.93. The molecule has 1 atom stereocenters. The van der Waals surface area contributed by atoms with Gasteiger partial charge < -0.3 is 5.32 Å². The first kappa shape index (κ1) is 18.7. The fourth-order valence-electron chi connectivity index (χ4n) is 2.70. The fourth-order valence-corrected chi connectivity index (χ4v) is 3.06. The third-order valence-electron chi connectivity index (χ3n) is 3.63. The highest BCUT2D eigenvalue weighted by atomic mass is 79.9. The molecule has 0 saturated carbocycles. The van der Waals surface area contributed by atoms with Gasteiger partial charge in [-0.25, -0.2) is 0 Å². The van der Waals surface area contributed by atoms with E-state index in [9.17, 15) is 13.2 Å². The molecule has 0 aromatic heterocycles. The maximum atomic E-state index is 13.1. The number of rotatable bonds is 4. The molecule has 1 unspecified atom stereocenters. The summed E-state index contributed by atoms with van der Waals surface area (Å²) in [6.45, 7) is 3.00. The molecule has 120 valence electrons. The fraction of sp³-hybridized carbons (Fsp3) is 0.571. The standard InChI is InChI=1S/C14H18BrF3N2.ClH/c1-19-7-10-4-5-20(8-10)9-11-2-3-12(15)6-13(11)14(16,17)18;/h2-3,6,10,19H,4-5,7-9H2,1H3;1H. The summed E-state index contributed by atoms with van der Waals surface area (Å²) in [5, 5.41) is 3.12. The minimum atomic E-state index is -4.30. The van der Waals surface area contributed by atoms with E-state index in [-0.39, 0.29) is 12.4 Å². The molecule has 1 aliphatic heterocycles. The lowest BCUT2D eigenvalue weighted by atomic mass is 10.1. The number of nitrogens with zero attached hydrogens (tertiary/aromatic N) is 1. The Morgan fingerprint density at radius 2 is 2.10 bits per heavy atom. The molecule has 2 nitrogen and oxygen atoms in total. The minimum absolute atomic E-state index is 0. The van der Waals surface area contributed by atoms with Crippen molar-refractivity contribution in [2.24, 2.45) is 5.92 Å². The third kappa shape index (κ3) is 5.13. The number of alkyl halides is 3. The Hall–Kier alpha value is -0.300. The molecule has 0 aliphatic carbocycles. The van der Waals surface area contributed by atoms with Crippen molar-refractivity contribution in [1.82, 2.24) is 10.2 Å². The molecular weight excluding hydrogens is 369 g/mol. The van der Waals surface area contributed by atoms with Crippen molar-refractivity contribution >= 4 is 28.3 Å². The van der Waals surface area contributed by atoms with Gasteiger partial charge in [0, 0.05) is 17.6 Å². The molecule has 0 amide bonds. The largest absolute Gasteiger partial charge is 0.416 e. The molecule has 1 aromatic carbocycles. The molecule has 1 N–H and O–H groups in total. The van der Waals surface area contributed by atoms with Crippen molar-refractivity contribution in [3.8, 4) is 0 Å². The summed E-state index contributed by atoms with van der Waals surface area (Å²) in [4.78, 5) is 2.10. The second-order valence-electron chi connectivity index (χ2n) is 5.25. The Morgan fingerprint density at radius 3 is 2.71 bits per heavy atom. The first-order chi connectivity index (χ1) is 9.40. The molecule has 1 heterocycles. The lowest BCUT2D eigenvalue weighted by Crippen LogP contribution is -2.25. The zero-order valence-corrected chi connectivity index (χ0v) is 14.1. The van der Waals surface area contributed by atoms with Crippen LogP contribution in [0.2, 0.25) is 0 Å². The van der Waals surface area contributed by atoms with Crippen LogP contribution in [0.25, 0.3) is 0 Å².